The topological polar surface area (TPSA) is 135 Å². The molecular formula is C57H103NO10P+. The monoisotopic (exact) mass is 993 g/mol. The van der Waals surface area contributed by atoms with E-state index in [9.17, 15) is 23.8 Å². The van der Waals surface area contributed by atoms with Gasteiger partial charge in [0, 0.05) is 6.42 Å². The van der Waals surface area contributed by atoms with E-state index < -0.39 is 32.5 Å². The van der Waals surface area contributed by atoms with E-state index in [1.54, 1.807) is 0 Å². The first-order valence-electron chi connectivity index (χ1n) is 28.2. The molecule has 0 aromatic rings. The van der Waals surface area contributed by atoms with Gasteiger partial charge in [0.15, 0.2) is 6.10 Å². The summed E-state index contributed by atoms with van der Waals surface area (Å²) in [5, 5.41) is 0. The summed E-state index contributed by atoms with van der Waals surface area (Å²) in [6.45, 7) is 20.8. The number of rotatable bonds is 32. The van der Waals surface area contributed by atoms with E-state index in [1.165, 1.54) is 56.9 Å². The van der Waals surface area contributed by atoms with Gasteiger partial charge in [0.1, 0.15) is 25.9 Å². The Morgan fingerprint density at radius 3 is 2.13 bits per heavy atom. The van der Waals surface area contributed by atoms with Crippen LogP contribution in [0.15, 0.2) is 11.6 Å². The summed E-state index contributed by atoms with van der Waals surface area (Å²) in [6.07, 6.45) is 23.7. The van der Waals surface area contributed by atoms with E-state index in [4.69, 9.17) is 23.3 Å². The fraction of sp³-hybridized carbons (Fsp3) is 0.912. The zero-order chi connectivity index (χ0) is 51.0. The maximum atomic E-state index is 13.7. The second-order valence-electron chi connectivity index (χ2n) is 24.8. The lowest BCUT2D eigenvalue weighted by molar-refractivity contribution is -0.870. The van der Waals surface area contributed by atoms with Crippen LogP contribution in [0.1, 0.15) is 210 Å². The van der Waals surface area contributed by atoms with Crippen LogP contribution in [0, 0.1) is 64.1 Å². The molecule has 0 aromatic heterocycles. The molecule has 0 aliphatic heterocycles. The van der Waals surface area contributed by atoms with Crippen LogP contribution in [-0.2, 0) is 42.2 Å². The summed E-state index contributed by atoms with van der Waals surface area (Å²) in [5.41, 5.74) is 2.02. The number of fused-ring (bicyclic) bond motifs is 5. The molecule has 0 heterocycles. The number of ether oxygens (including phenoxy) is 3. The third-order valence-corrected chi connectivity index (χ3v) is 18.6. The molecule has 0 aromatic carbocycles. The number of phosphoric acid groups is 1. The number of unbranched alkanes of at least 4 members (excludes halogenated alkanes) is 1. The number of hydrogen-bond donors (Lipinski definition) is 1. The number of allylic oxidation sites excluding steroid dienone is 1. The number of carbonyl (C=O) groups is 3. The summed E-state index contributed by atoms with van der Waals surface area (Å²) in [6, 6.07) is 0. The van der Waals surface area contributed by atoms with Gasteiger partial charge in [-0.2, -0.15) is 0 Å². The molecule has 0 amide bonds. The molecular weight excluding hydrogens is 890 g/mol. The van der Waals surface area contributed by atoms with Gasteiger partial charge in [-0.1, -0.05) is 138 Å². The predicted octanol–water partition coefficient (Wildman–Crippen LogP) is 13.8. The Balaban J connectivity index is 1.32. The highest BCUT2D eigenvalue weighted by molar-refractivity contribution is 7.47. The van der Waals surface area contributed by atoms with Crippen molar-refractivity contribution in [1.82, 2.24) is 0 Å². The average Bonchev–Trinajstić information content (AvgIpc) is 3.63. The molecule has 0 spiro atoms. The Bertz CT molecular complexity index is 1660. The number of likely N-dealkylation sites (N-methyl/N-ethyl adjacent to an activating group) is 1. The standard InChI is InChI=1S/C57H102NO10P/c1-13-18-42(5)21-15-16-23-45(25-24-43(6)19-14-2)55(61)64-39-48(40-66-69(62,63)65-37-36-58(10,11)12)68-54(60)31-30-53(59)67-47-32-34-56(8)46(38-47)26-27-49-51-29-28-50(44(7)22-17-20-41(3)4)57(51,9)35-33-52(49)56/h26,41-45,47-52H,13-25,27-40H2,1-12H3/p+1/t42?,43?,44-,45?,47+,48?,49+,50-,51+,52+,56+,57-/m1/s1. The summed E-state index contributed by atoms with van der Waals surface area (Å²) in [4.78, 5) is 50.9. The lowest BCUT2D eigenvalue weighted by Gasteiger charge is -2.58. The predicted molar refractivity (Wildman–Crippen MR) is 277 cm³/mol. The molecule has 1 N–H and O–H groups in total. The molecule has 11 nitrogen and oxygen atoms in total. The SMILES string of the molecule is CCCC(C)CCCCC(CCC(C)CCC)C(=O)OCC(COP(=O)(O)OCC[N+](C)(C)C)OC(=O)CCC(=O)O[C@H]1CC[C@@]2(C)C(=CC[C@H]3[C@@H]4CC[C@H]([C@H](C)CCCC(C)C)[C@@]4(C)CC[C@@H]32)C1. The van der Waals surface area contributed by atoms with Crippen molar-refractivity contribution in [2.45, 2.75) is 222 Å². The van der Waals surface area contributed by atoms with E-state index in [0.29, 0.717) is 47.0 Å². The van der Waals surface area contributed by atoms with Gasteiger partial charge in [-0.05, 0) is 122 Å². The number of carbonyl (C=O) groups excluding carboxylic acids is 3. The second kappa shape index (κ2) is 28.0. The van der Waals surface area contributed by atoms with Crippen molar-refractivity contribution in [1.29, 1.82) is 0 Å². The maximum absolute atomic E-state index is 13.7. The van der Waals surface area contributed by atoms with Crippen LogP contribution in [0.2, 0.25) is 0 Å². The Morgan fingerprint density at radius 1 is 0.768 bits per heavy atom. The summed E-state index contributed by atoms with van der Waals surface area (Å²) in [5.74, 6) is 3.90. The minimum Gasteiger partial charge on any atom is -0.462 e. The van der Waals surface area contributed by atoms with Gasteiger partial charge in [0.2, 0.25) is 0 Å². The molecule has 4 aliphatic rings. The third-order valence-electron chi connectivity index (χ3n) is 17.6. The fourth-order valence-electron chi connectivity index (χ4n) is 13.5. The van der Waals surface area contributed by atoms with Crippen molar-refractivity contribution in [3.05, 3.63) is 11.6 Å². The molecule has 0 saturated heterocycles. The number of phosphoric ester groups is 1. The van der Waals surface area contributed by atoms with Crippen LogP contribution in [0.5, 0.6) is 0 Å². The molecule has 0 radical (unpaired) electrons. The van der Waals surface area contributed by atoms with Gasteiger partial charge in [-0.3, -0.25) is 23.4 Å². The number of nitrogens with zero attached hydrogens (tertiary/aromatic N) is 1. The highest BCUT2D eigenvalue weighted by atomic mass is 31.2. The Morgan fingerprint density at radius 2 is 1.45 bits per heavy atom. The Kier molecular flexibility index (Phi) is 24.3. The second-order valence-corrected chi connectivity index (χ2v) is 26.3. The minimum absolute atomic E-state index is 0.0224. The third kappa shape index (κ3) is 18.9. The lowest BCUT2D eigenvalue weighted by atomic mass is 9.47. The maximum Gasteiger partial charge on any atom is 0.472 e. The molecule has 0 bridgehead atoms. The van der Waals surface area contributed by atoms with Crippen LogP contribution in [0.25, 0.3) is 0 Å². The first-order chi connectivity index (χ1) is 32.5. The number of esters is 3. The van der Waals surface area contributed by atoms with Crippen LogP contribution in [-0.4, -0.2) is 87.0 Å². The highest BCUT2D eigenvalue weighted by Crippen LogP contribution is 2.67. The zero-order valence-electron chi connectivity index (χ0n) is 46.0. The van der Waals surface area contributed by atoms with Gasteiger partial charge >= 0.3 is 25.7 Å². The average molecular weight is 993 g/mol. The molecule has 69 heavy (non-hydrogen) atoms. The van der Waals surface area contributed by atoms with Gasteiger partial charge in [0.25, 0.3) is 0 Å². The molecule has 13 atom stereocenters. The van der Waals surface area contributed by atoms with Gasteiger partial charge in [-0.15, -0.1) is 0 Å². The Hall–Kier alpha value is -1.78. The van der Waals surface area contributed by atoms with E-state index in [1.807, 2.05) is 21.1 Å². The van der Waals surface area contributed by atoms with Crippen molar-refractivity contribution >= 4 is 25.7 Å². The first-order valence-corrected chi connectivity index (χ1v) is 29.7. The van der Waals surface area contributed by atoms with Crippen LogP contribution in [0.3, 0.4) is 0 Å². The molecule has 3 saturated carbocycles. The largest absolute Gasteiger partial charge is 0.472 e. The number of quaternary nitrogens is 1. The van der Waals surface area contributed by atoms with E-state index >= 15 is 0 Å². The molecule has 3 fully saturated rings. The van der Waals surface area contributed by atoms with Crippen LogP contribution >= 0.6 is 7.82 Å². The van der Waals surface area contributed by atoms with Gasteiger partial charge in [0.05, 0.1) is 46.5 Å². The van der Waals surface area contributed by atoms with Crippen molar-refractivity contribution in [2.24, 2.45) is 64.1 Å². The van der Waals surface area contributed by atoms with E-state index in [2.05, 4.69) is 68.4 Å². The molecule has 12 heteroatoms. The summed E-state index contributed by atoms with van der Waals surface area (Å²) in [7, 11) is 1.30. The van der Waals surface area contributed by atoms with Crippen LogP contribution in [0.4, 0.5) is 0 Å². The molecule has 400 valence electrons. The highest BCUT2D eigenvalue weighted by Gasteiger charge is 2.59. The van der Waals surface area contributed by atoms with Crippen molar-refractivity contribution in [3.63, 3.8) is 0 Å². The first kappa shape index (κ1) is 59.8. The minimum atomic E-state index is -4.52. The summed E-state index contributed by atoms with van der Waals surface area (Å²) >= 11 is 0. The van der Waals surface area contributed by atoms with E-state index in [0.717, 1.165) is 100 Å². The Labute approximate surface area is 421 Å². The van der Waals surface area contributed by atoms with Crippen molar-refractivity contribution in [2.75, 3.05) is 47.5 Å². The van der Waals surface area contributed by atoms with E-state index in [-0.39, 0.29) is 49.5 Å². The quantitative estimate of drug-likeness (QED) is 0.0173. The molecule has 4 rings (SSSR count). The fourth-order valence-corrected chi connectivity index (χ4v) is 14.3. The number of hydrogen-bond acceptors (Lipinski definition) is 9. The normalized spacial score (nSPS) is 28.8. The molecule has 5 unspecified atom stereocenters. The molecule has 4 aliphatic carbocycles. The van der Waals surface area contributed by atoms with Crippen molar-refractivity contribution < 1.29 is 51.6 Å². The smallest absolute Gasteiger partial charge is 0.462 e. The lowest BCUT2D eigenvalue weighted by Crippen LogP contribution is -2.51. The van der Waals surface area contributed by atoms with Gasteiger partial charge < -0.3 is 23.6 Å². The van der Waals surface area contributed by atoms with Gasteiger partial charge in [-0.25, -0.2) is 4.57 Å². The van der Waals surface area contributed by atoms with Crippen molar-refractivity contribution in [3.8, 4) is 0 Å². The zero-order valence-corrected chi connectivity index (χ0v) is 46.9. The summed E-state index contributed by atoms with van der Waals surface area (Å²) < 4.78 is 41.5. The van der Waals surface area contributed by atoms with Crippen LogP contribution < -0.4 is 0 Å².